The molecule has 14 heavy (non-hydrogen) atoms. The van der Waals surface area contributed by atoms with Crippen LogP contribution in [0, 0.1) is 6.92 Å². The summed E-state index contributed by atoms with van der Waals surface area (Å²) in [6.45, 7) is 2.79. The van der Waals surface area contributed by atoms with Crippen LogP contribution in [0.1, 0.15) is 23.6 Å². The van der Waals surface area contributed by atoms with E-state index >= 15 is 0 Å². The van der Waals surface area contributed by atoms with Gasteiger partial charge in [-0.1, -0.05) is 29.8 Å². The van der Waals surface area contributed by atoms with Crippen molar-refractivity contribution in [3.63, 3.8) is 0 Å². The van der Waals surface area contributed by atoms with Gasteiger partial charge in [0.25, 0.3) is 0 Å². The minimum atomic E-state index is 0.176. The first kappa shape index (κ1) is 11.2. The van der Waals surface area contributed by atoms with Gasteiger partial charge in [-0.2, -0.15) is 0 Å². The van der Waals surface area contributed by atoms with Gasteiger partial charge in [-0.05, 0) is 18.9 Å². The van der Waals surface area contributed by atoms with Gasteiger partial charge in [-0.25, -0.2) is 0 Å². The molecule has 0 aromatic heterocycles. The molecule has 0 saturated heterocycles. The summed E-state index contributed by atoms with van der Waals surface area (Å²) < 4.78 is 5.03. The summed E-state index contributed by atoms with van der Waals surface area (Å²) in [4.78, 5) is 0. The molecule has 0 aliphatic rings. The van der Waals surface area contributed by atoms with Gasteiger partial charge in [0.15, 0.2) is 0 Å². The van der Waals surface area contributed by atoms with Crippen molar-refractivity contribution in [2.24, 2.45) is 5.84 Å². The van der Waals surface area contributed by atoms with Gasteiger partial charge in [0.05, 0.1) is 0 Å². The van der Waals surface area contributed by atoms with Crippen molar-refractivity contribution < 1.29 is 4.74 Å². The third-order valence-corrected chi connectivity index (χ3v) is 2.26. The molecule has 0 fully saturated rings. The lowest BCUT2D eigenvalue weighted by atomic mass is 10.0. The Hall–Kier alpha value is -0.900. The van der Waals surface area contributed by atoms with Crippen LogP contribution in [0.25, 0.3) is 0 Å². The molecule has 0 spiro atoms. The number of ether oxygens (including phenoxy) is 1. The summed E-state index contributed by atoms with van der Waals surface area (Å²) in [6.07, 6.45) is 0.885. The average Bonchev–Trinajstić information content (AvgIpc) is 2.19. The first-order valence-corrected chi connectivity index (χ1v) is 4.79. The summed E-state index contributed by atoms with van der Waals surface area (Å²) in [5.74, 6) is 5.49. The third kappa shape index (κ3) is 3.10. The van der Waals surface area contributed by atoms with Crippen LogP contribution >= 0.6 is 0 Å². The van der Waals surface area contributed by atoms with Crippen LogP contribution in [0.2, 0.25) is 0 Å². The summed E-state index contributed by atoms with van der Waals surface area (Å²) in [7, 11) is 1.70. The second-order valence-corrected chi connectivity index (χ2v) is 3.41. The predicted molar refractivity (Wildman–Crippen MR) is 57.7 cm³/mol. The van der Waals surface area contributed by atoms with Crippen LogP contribution in [0.4, 0.5) is 0 Å². The van der Waals surface area contributed by atoms with E-state index in [4.69, 9.17) is 10.6 Å². The zero-order valence-electron chi connectivity index (χ0n) is 8.79. The van der Waals surface area contributed by atoms with Crippen molar-refractivity contribution in [3.05, 3.63) is 35.4 Å². The standard InChI is InChI=1S/C11H18N2O/c1-9-4-3-5-10(8-9)11(13-12)6-7-14-2/h3-5,8,11,13H,6-7,12H2,1-2H3. The molecule has 3 N–H and O–H groups in total. The number of hydrazine groups is 1. The molecular formula is C11H18N2O. The van der Waals surface area contributed by atoms with E-state index in [9.17, 15) is 0 Å². The molecule has 1 atom stereocenters. The number of nitrogens with one attached hydrogen (secondary N) is 1. The summed E-state index contributed by atoms with van der Waals surface area (Å²) in [5, 5.41) is 0. The fraction of sp³-hybridized carbons (Fsp3) is 0.455. The monoisotopic (exact) mass is 194 g/mol. The molecule has 3 nitrogen and oxygen atoms in total. The zero-order chi connectivity index (χ0) is 10.4. The van der Waals surface area contributed by atoms with Gasteiger partial charge in [-0.3, -0.25) is 11.3 Å². The molecule has 0 aliphatic carbocycles. The van der Waals surface area contributed by atoms with E-state index < -0.39 is 0 Å². The topological polar surface area (TPSA) is 47.3 Å². The van der Waals surface area contributed by atoms with Gasteiger partial charge in [0.1, 0.15) is 0 Å². The van der Waals surface area contributed by atoms with Gasteiger partial charge in [-0.15, -0.1) is 0 Å². The zero-order valence-corrected chi connectivity index (χ0v) is 8.79. The normalized spacial score (nSPS) is 12.8. The van der Waals surface area contributed by atoms with Crippen LogP contribution in [0.5, 0.6) is 0 Å². The van der Waals surface area contributed by atoms with Crippen molar-refractivity contribution in [1.29, 1.82) is 0 Å². The second-order valence-electron chi connectivity index (χ2n) is 3.41. The number of rotatable bonds is 5. The Balaban J connectivity index is 2.68. The Labute approximate surface area is 85.2 Å². The Bertz CT molecular complexity index is 276. The van der Waals surface area contributed by atoms with E-state index in [1.54, 1.807) is 7.11 Å². The second kappa shape index (κ2) is 5.75. The smallest absolute Gasteiger partial charge is 0.0482 e. The minimum absolute atomic E-state index is 0.176. The molecule has 0 radical (unpaired) electrons. The van der Waals surface area contributed by atoms with Crippen molar-refractivity contribution in [2.75, 3.05) is 13.7 Å². The Kier molecular flexibility index (Phi) is 4.59. The molecule has 1 unspecified atom stereocenters. The quantitative estimate of drug-likeness (QED) is 0.552. The van der Waals surface area contributed by atoms with Crippen LogP contribution in [-0.2, 0) is 4.74 Å². The summed E-state index contributed by atoms with van der Waals surface area (Å²) >= 11 is 0. The van der Waals surface area contributed by atoms with E-state index in [1.165, 1.54) is 11.1 Å². The van der Waals surface area contributed by atoms with Crippen molar-refractivity contribution >= 4 is 0 Å². The summed E-state index contributed by atoms with van der Waals surface area (Å²) in [5.41, 5.74) is 5.26. The highest BCUT2D eigenvalue weighted by Crippen LogP contribution is 2.16. The molecule has 1 aromatic rings. The number of benzene rings is 1. The average molecular weight is 194 g/mol. The molecule has 1 aromatic carbocycles. The Morgan fingerprint density at radius 3 is 2.86 bits per heavy atom. The van der Waals surface area contributed by atoms with Crippen LogP contribution in [0.3, 0.4) is 0 Å². The van der Waals surface area contributed by atoms with Gasteiger partial charge in [0.2, 0.25) is 0 Å². The highest BCUT2D eigenvalue weighted by atomic mass is 16.5. The molecule has 78 valence electrons. The molecule has 0 saturated carbocycles. The number of nitrogens with two attached hydrogens (primary N) is 1. The van der Waals surface area contributed by atoms with E-state index in [2.05, 4.69) is 30.5 Å². The van der Waals surface area contributed by atoms with E-state index in [-0.39, 0.29) is 6.04 Å². The van der Waals surface area contributed by atoms with E-state index in [1.807, 2.05) is 6.07 Å². The number of aryl methyl sites for hydroxylation is 1. The van der Waals surface area contributed by atoms with Gasteiger partial charge >= 0.3 is 0 Å². The van der Waals surface area contributed by atoms with Crippen LogP contribution < -0.4 is 11.3 Å². The number of hydrogen-bond acceptors (Lipinski definition) is 3. The SMILES string of the molecule is COCCC(NN)c1cccc(C)c1. The lowest BCUT2D eigenvalue weighted by molar-refractivity contribution is 0.183. The maximum atomic E-state index is 5.49. The Morgan fingerprint density at radius 1 is 1.50 bits per heavy atom. The lowest BCUT2D eigenvalue weighted by Crippen LogP contribution is -2.28. The fourth-order valence-corrected chi connectivity index (χ4v) is 1.47. The molecule has 0 amide bonds. The van der Waals surface area contributed by atoms with Crippen LogP contribution in [0.15, 0.2) is 24.3 Å². The first-order valence-electron chi connectivity index (χ1n) is 4.79. The largest absolute Gasteiger partial charge is 0.385 e. The molecular weight excluding hydrogens is 176 g/mol. The summed E-state index contributed by atoms with van der Waals surface area (Å²) in [6, 6.07) is 8.51. The molecule has 0 aliphatic heterocycles. The van der Waals surface area contributed by atoms with E-state index in [0.29, 0.717) is 6.61 Å². The van der Waals surface area contributed by atoms with Gasteiger partial charge in [0, 0.05) is 19.8 Å². The maximum absolute atomic E-state index is 5.49. The third-order valence-electron chi connectivity index (χ3n) is 2.26. The van der Waals surface area contributed by atoms with Gasteiger partial charge < -0.3 is 4.74 Å². The number of methoxy groups -OCH3 is 1. The van der Waals surface area contributed by atoms with Crippen molar-refractivity contribution in [1.82, 2.24) is 5.43 Å². The molecule has 0 heterocycles. The fourth-order valence-electron chi connectivity index (χ4n) is 1.47. The lowest BCUT2D eigenvalue weighted by Gasteiger charge is -2.16. The maximum Gasteiger partial charge on any atom is 0.0482 e. The Morgan fingerprint density at radius 2 is 2.29 bits per heavy atom. The van der Waals surface area contributed by atoms with E-state index in [0.717, 1.165) is 6.42 Å². The first-order chi connectivity index (χ1) is 6.77. The van der Waals surface area contributed by atoms with Crippen LogP contribution in [-0.4, -0.2) is 13.7 Å². The highest BCUT2D eigenvalue weighted by molar-refractivity contribution is 5.24. The number of hydrogen-bond donors (Lipinski definition) is 2. The predicted octanol–water partition coefficient (Wildman–Crippen LogP) is 1.54. The highest BCUT2D eigenvalue weighted by Gasteiger charge is 2.08. The molecule has 1 rings (SSSR count). The van der Waals surface area contributed by atoms with Crippen molar-refractivity contribution in [2.45, 2.75) is 19.4 Å². The molecule has 3 heteroatoms. The molecule has 0 bridgehead atoms. The minimum Gasteiger partial charge on any atom is -0.385 e. The van der Waals surface area contributed by atoms with Crippen molar-refractivity contribution in [3.8, 4) is 0 Å².